The van der Waals surface area contributed by atoms with Gasteiger partial charge in [-0.05, 0) is 43.5 Å². The third-order valence-electron chi connectivity index (χ3n) is 2.76. The smallest absolute Gasteiger partial charge is 0.336 e. The highest BCUT2D eigenvalue weighted by Gasteiger charge is 2.04. The third-order valence-corrected chi connectivity index (χ3v) is 2.76. The van der Waals surface area contributed by atoms with Crippen molar-refractivity contribution in [1.82, 2.24) is 0 Å². The highest BCUT2D eigenvalue weighted by molar-refractivity contribution is 5.92. The van der Waals surface area contributed by atoms with Gasteiger partial charge in [0.15, 0.2) is 0 Å². The fourth-order valence-corrected chi connectivity index (χ4v) is 1.85. The summed E-state index contributed by atoms with van der Waals surface area (Å²) in [6, 6.07) is 5.52. The largest absolute Gasteiger partial charge is 0.463 e. The average Bonchev–Trinajstić information content (AvgIpc) is 2.40. The lowest BCUT2D eigenvalue weighted by atomic mass is 10.1. The number of benzene rings is 1. The first-order chi connectivity index (χ1) is 10.0. The summed E-state index contributed by atoms with van der Waals surface area (Å²) < 4.78 is 10.1. The zero-order valence-corrected chi connectivity index (χ0v) is 12.8. The minimum absolute atomic E-state index is 0.378. The van der Waals surface area contributed by atoms with Crippen molar-refractivity contribution >= 4 is 11.9 Å². The Hall–Kier alpha value is -2.10. The second kappa shape index (κ2) is 8.95. The van der Waals surface area contributed by atoms with Crippen LogP contribution in [0.4, 0.5) is 0 Å². The van der Waals surface area contributed by atoms with Crippen LogP contribution in [0.25, 0.3) is 0 Å². The molecule has 0 atom stereocenters. The van der Waals surface area contributed by atoms with Crippen molar-refractivity contribution in [1.29, 1.82) is 0 Å². The highest BCUT2D eigenvalue weighted by Crippen LogP contribution is 2.16. The normalized spacial score (nSPS) is 10.6. The molecule has 0 N–H and O–H groups in total. The molecule has 0 unspecified atom stereocenters. The van der Waals surface area contributed by atoms with Crippen LogP contribution in [0.3, 0.4) is 0 Å². The van der Waals surface area contributed by atoms with Crippen LogP contribution in [0, 0.1) is 13.8 Å². The highest BCUT2D eigenvalue weighted by atomic mass is 16.5. The van der Waals surface area contributed by atoms with Crippen molar-refractivity contribution < 1.29 is 19.1 Å². The van der Waals surface area contributed by atoms with Crippen molar-refractivity contribution in [2.24, 2.45) is 0 Å². The van der Waals surface area contributed by atoms with Crippen LogP contribution in [0.15, 0.2) is 30.4 Å². The Labute approximate surface area is 125 Å². The minimum atomic E-state index is -0.592. The standard InChI is InChI=1S/C17H22O4/c1-4-5-6-9-20-16(18)7-8-17(19)21-15-11-13(2)10-14(3)12-15/h7-8,10-12H,4-6,9H2,1-3H3/b8-7+. The molecule has 0 aliphatic rings. The van der Waals surface area contributed by atoms with Gasteiger partial charge in [-0.1, -0.05) is 25.8 Å². The summed E-state index contributed by atoms with van der Waals surface area (Å²) in [6.45, 7) is 6.30. The number of hydrogen-bond acceptors (Lipinski definition) is 4. The van der Waals surface area contributed by atoms with Gasteiger partial charge in [-0.15, -0.1) is 0 Å². The van der Waals surface area contributed by atoms with E-state index in [1.165, 1.54) is 0 Å². The summed E-state index contributed by atoms with van der Waals surface area (Å²) >= 11 is 0. The summed E-state index contributed by atoms with van der Waals surface area (Å²) in [5.74, 6) is -0.646. The maximum atomic E-state index is 11.6. The molecule has 1 aromatic rings. The Morgan fingerprint density at radius 2 is 1.62 bits per heavy atom. The molecule has 0 aromatic heterocycles. The lowest BCUT2D eigenvalue weighted by molar-refractivity contribution is -0.138. The molecule has 21 heavy (non-hydrogen) atoms. The van der Waals surface area contributed by atoms with E-state index in [2.05, 4.69) is 6.92 Å². The molecule has 0 aliphatic carbocycles. The SMILES string of the molecule is CCCCCOC(=O)/C=C/C(=O)Oc1cc(C)cc(C)c1. The fraction of sp³-hybridized carbons (Fsp3) is 0.412. The summed E-state index contributed by atoms with van der Waals surface area (Å²) in [7, 11) is 0. The van der Waals surface area contributed by atoms with E-state index >= 15 is 0 Å². The van der Waals surface area contributed by atoms with E-state index in [1.54, 1.807) is 12.1 Å². The van der Waals surface area contributed by atoms with Gasteiger partial charge in [-0.25, -0.2) is 9.59 Å². The van der Waals surface area contributed by atoms with E-state index in [0.29, 0.717) is 12.4 Å². The first-order valence-electron chi connectivity index (χ1n) is 7.16. The molecule has 0 saturated heterocycles. The molecule has 0 heterocycles. The van der Waals surface area contributed by atoms with E-state index in [4.69, 9.17) is 9.47 Å². The van der Waals surface area contributed by atoms with Crippen molar-refractivity contribution in [2.75, 3.05) is 6.61 Å². The maximum Gasteiger partial charge on any atom is 0.336 e. The Balaban J connectivity index is 2.42. The van der Waals surface area contributed by atoms with Gasteiger partial charge in [0.1, 0.15) is 5.75 Å². The number of esters is 2. The lowest BCUT2D eigenvalue weighted by Crippen LogP contribution is -2.07. The van der Waals surface area contributed by atoms with Crippen LogP contribution in [0.2, 0.25) is 0 Å². The van der Waals surface area contributed by atoms with E-state index in [9.17, 15) is 9.59 Å². The van der Waals surface area contributed by atoms with Gasteiger partial charge >= 0.3 is 11.9 Å². The van der Waals surface area contributed by atoms with Crippen molar-refractivity contribution in [3.05, 3.63) is 41.5 Å². The van der Waals surface area contributed by atoms with Gasteiger partial charge in [0.25, 0.3) is 0 Å². The lowest BCUT2D eigenvalue weighted by Gasteiger charge is -2.04. The molecule has 0 spiro atoms. The molecule has 0 radical (unpaired) electrons. The molecule has 0 bridgehead atoms. The topological polar surface area (TPSA) is 52.6 Å². The summed E-state index contributed by atoms with van der Waals surface area (Å²) in [4.78, 5) is 23.0. The van der Waals surface area contributed by atoms with E-state index in [0.717, 1.165) is 42.5 Å². The molecule has 0 amide bonds. The van der Waals surface area contributed by atoms with Gasteiger partial charge in [0.2, 0.25) is 0 Å². The average molecular weight is 290 g/mol. The van der Waals surface area contributed by atoms with E-state index in [-0.39, 0.29) is 0 Å². The molecular formula is C17H22O4. The predicted octanol–water partition coefficient (Wildman–Crippen LogP) is 3.50. The first kappa shape index (κ1) is 17.0. The second-order valence-electron chi connectivity index (χ2n) is 4.95. The number of aryl methyl sites for hydroxylation is 2. The number of hydrogen-bond donors (Lipinski definition) is 0. The van der Waals surface area contributed by atoms with Crippen molar-refractivity contribution in [3.63, 3.8) is 0 Å². The number of unbranched alkanes of at least 4 members (excludes halogenated alkanes) is 2. The van der Waals surface area contributed by atoms with Crippen molar-refractivity contribution in [3.8, 4) is 5.75 Å². The van der Waals surface area contributed by atoms with Gasteiger partial charge in [-0.2, -0.15) is 0 Å². The molecule has 0 saturated carbocycles. The summed E-state index contributed by atoms with van der Waals surface area (Å²) in [5.41, 5.74) is 2.02. The summed E-state index contributed by atoms with van der Waals surface area (Å²) in [6.07, 6.45) is 5.10. The number of rotatable bonds is 7. The minimum Gasteiger partial charge on any atom is -0.463 e. The van der Waals surface area contributed by atoms with Crippen LogP contribution in [0.5, 0.6) is 5.75 Å². The Bertz CT molecular complexity index is 497. The first-order valence-corrected chi connectivity index (χ1v) is 7.16. The zero-order valence-electron chi connectivity index (χ0n) is 12.8. The van der Waals surface area contributed by atoms with Crippen LogP contribution < -0.4 is 4.74 Å². The number of carbonyl (C=O) groups excluding carboxylic acids is 2. The van der Waals surface area contributed by atoms with Crippen LogP contribution in [-0.2, 0) is 14.3 Å². The van der Waals surface area contributed by atoms with Crippen LogP contribution >= 0.6 is 0 Å². The molecule has 4 heteroatoms. The van der Waals surface area contributed by atoms with Gasteiger partial charge in [-0.3, -0.25) is 0 Å². The van der Waals surface area contributed by atoms with Crippen molar-refractivity contribution in [2.45, 2.75) is 40.0 Å². The quantitative estimate of drug-likeness (QED) is 0.334. The molecular weight excluding hydrogens is 268 g/mol. The Morgan fingerprint density at radius 1 is 1.00 bits per heavy atom. The Kier molecular flexibility index (Phi) is 7.23. The molecule has 1 aromatic carbocycles. The van der Waals surface area contributed by atoms with Gasteiger partial charge in [0.05, 0.1) is 6.61 Å². The van der Waals surface area contributed by atoms with Gasteiger partial charge in [0, 0.05) is 12.2 Å². The molecule has 114 valence electrons. The number of ether oxygens (including phenoxy) is 2. The Morgan fingerprint density at radius 3 is 2.24 bits per heavy atom. The number of carbonyl (C=O) groups is 2. The van der Waals surface area contributed by atoms with E-state index < -0.39 is 11.9 Å². The predicted molar refractivity (Wildman–Crippen MR) is 81.2 cm³/mol. The molecule has 1 rings (SSSR count). The fourth-order valence-electron chi connectivity index (χ4n) is 1.85. The van der Waals surface area contributed by atoms with Crippen LogP contribution in [0.1, 0.15) is 37.3 Å². The maximum absolute atomic E-state index is 11.6. The van der Waals surface area contributed by atoms with Crippen LogP contribution in [-0.4, -0.2) is 18.5 Å². The third kappa shape index (κ3) is 7.30. The zero-order chi connectivity index (χ0) is 15.7. The molecule has 0 fully saturated rings. The van der Waals surface area contributed by atoms with Gasteiger partial charge < -0.3 is 9.47 Å². The molecule has 4 nitrogen and oxygen atoms in total. The summed E-state index contributed by atoms with van der Waals surface area (Å²) in [5, 5.41) is 0. The van der Waals surface area contributed by atoms with E-state index in [1.807, 2.05) is 19.9 Å². The second-order valence-corrected chi connectivity index (χ2v) is 4.95. The monoisotopic (exact) mass is 290 g/mol. The molecule has 0 aliphatic heterocycles.